The van der Waals surface area contributed by atoms with Gasteiger partial charge in [-0.3, -0.25) is 0 Å². The number of ether oxygens (including phenoxy) is 2. The first-order chi connectivity index (χ1) is 20.3. The summed E-state index contributed by atoms with van der Waals surface area (Å²) in [6.45, 7) is 0.247. The van der Waals surface area contributed by atoms with Gasteiger partial charge in [0.15, 0.2) is 5.82 Å². The number of aromatic nitrogens is 5. The van der Waals surface area contributed by atoms with E-state index in [2.05, 4.69) is 54.8 Å². The highest BCUT2D eigenvalue weighted by atomic mass is 19.4. The normalized spacial score (nSPS) is 24.0. The Bertz CT molecular complexity index is 1570. The van der Waals surface area contributed by atoms with Gasteiger partial charge in [-0.1, -0.05) is 47.6 Å². The SMILES string of the molecule is FC(F)(F)Oc1ccccc1-c1noc(C2CC2)c1COC12CCC(C=Cc3cccc(-c4nnn[nH]4)c3)(CC1)CC2. The second kappa shape index (κ2) is 10.4. The molecule has 0 spiro atoms. The van der Waals surface area contributed by atoms with Gasteiger partial charge in [-0.15, -0.1) is 18.3 Å². The molecular weight excluding hydrogens is 547 g/mol. The minimum atomic E-state index is -4.81. The smallest absolute Gasteiger partial charge is 0.405 e. The maximum absolute atomic E-state index is 13.1. The minimum absolute atomic E-state index is 0.129. The number of fused-ring (bicyclic) bond motifs is 3. The molecule has 1 N–H and O–H groups in total. The quantitative estimate of drug-likeness (QED) is 0.218. The predicted octanol–water partition coefficient (Wildman–Crippen LogP) is 7.62. The molecule has 4 saturated carbocycles. The van der Waals surface area contributed by atoms with E-state index >= 15 is 0 Å². The van der Waals surface area contributed by atoms with E-state index in [1.165, 1.54) is 12.1 Å². The first-order valence-corrected chi connectivity index (χ1v) is 14.3. The summed E-state index contributed by atoms with van der Waals surface area (Å²) in [6.07, 6.45) is 7.51. The number of tetrazole rings is 1. The molecule has 0 unspecified atom stereocenters. The lowest BCUT2D eigenvalue weighted by Crippen LogP contribution is -2.46. The molecule has 0 saturated heterocycles. The average Bonchev–Trinajstić information content (AvgIpc) is 3.51. The molecule has 4 aromatic rings. The van der Waals surface area contributed by atoms with Crippen molar-refractivity contribution >= 4 is 6.08 Å². The lowest BCUT2D eigenvalue weighted by Gasteiger charge is -2.52. The Kier molecular flexibility index (Phi) is 6.64. The van der Waals surface area contributed by atoms with Crippen LogP contribution in [-0.4, -0.2) is 37.7 Å². The van der Waals surface area contributed by atoms with Gasteiger partial charge in [0.2, 0.25) is 0 Å². The van der Waals surface area contributed by atoms with Crippen LogP contribution in [0.2, 0.25) is 0 Å². The van der Waals surface area contributed by atoms with Crippen LogP contribution in [0.4, 0.5) is 13.2 Å². The first-order valence-electron chi connectivity index (χ1n) is 14.3. The maximum atomic E-state index is 13.1. The number of benzene rings is 2. The summed E-state index contributed by atoms with van der Waals surface area (Å²) >= 11 is 0. The van der Waals surface area contributed by atoms with Gasteiger partial charge in [-0.25, -0.2) is 5.10 Å². The number of nitrogens with one attached hydrogen (secondary N) is 1. The zero-order valence-electron chi connectivity index (χ0n) is 22.9. The van der Waals surface area contributed by atoms with E-state index in [9.17, 15) is 13.2 Å². The van der Waals surface area contributed by atoms with Crippen molar-refractivity contribution < 1.29 is 27.2 Å². The van der Waals surface area contributed by atoms with E-state index in [0.717, 1.165) is 73.8 Å². The van der Waals surface area contributed by atoms with Gasteiger partial charge < -0.3 is 14.0 Å². The molecule has 4 fully saturated rings. The molecule has 42 heavy (non-hydrogen) atoms. The van der Waals surface area contributed by atoms with Gasteiger partial charge >= 0.3 is 6.36 Å². The number of para-hydroxylation sites is 1. The second-order valence-corrected chi connectivity index (χ2v) is 11.7. The van der Waals surface area contributed by atoms with E-state index < -0.39 is 6.36 Å². The van der Waals surface area contributed by atoms with Crippen LogP contribution < -0.4 is 4.74 Å². The van der Waals surface area contributed by atoms with E-state index in [4.69, 9.17) is 9.26 Å². The summed E-state index contributed by atoms with van der Waals surface area (Å²) < 4.78 is 56.1. The van der Waals surface area contributed by atoms with Crippen LogP contribution in [0, 0.1) is 5.41 Å². The summed E-state index contributed by atoms with van der Waals surface area (Å²) in [6, 6.07) is 14.2. The summed E-state index contributed by atoms with van der Waals surface area (Å²) in [5, 5.41) is 18.4. The predicted molar refractivity (Wildman–Crippen MR) is 147 cm³/mol. The molecular formula is C31H30F3N5O3. The van der Waals surface area contributed by atoms with E-state index in [1.807, 2.05) is 12.1 Å². The molecule has 2 aromatic carbocycles. The van der Waals surface area contributed by atoms with Gasteiger partial charge in [-0.2, -0.15) is 0 Å². The van der Waals surface area contributed by atoms with Crippen LogP contribution in [0.1, 0.15) is 74.2 Å². The third kappa shape index (κ3) is 5.45. The highest BCUT2D eigenvalue weighted by Gasteiger charge is 2.48. The zero-order valence-corrected chi connectivity index (χ0v) is 22.9. The van der Waals surface area contributed by atoms with Gasteiger partial charge in [0.05, 0.1) is 12.2 Å². The number of allylic oxidation sites excluding steroid dienone is 1. The molecule has 0 atom stereocenters. The maximum Gasteiger partial charge on any atom is 0.573 e. The third-order valence-electron chi connectivity index (χ3n) is 9.03. The topological polar surface area (TPSA) is 99.0 Å². The largest absolute Gasteiger partial charge is 0.573 e. The molecule has 0 amide bonds. The highest BCUT2D eigenvalue weighted by Crippen LogP contribution is 2.55. The van der Waals surface area contributed by atoms with Crippen molar-refractivity contribution in [2.75, 3.05) is 0 Å². The number of nitrogens with zero attached hydrogens (tertiary/aromatic N) is 4. The fraction of sp³-hybridized carbons (Fsp3) is 0.419. The van der Waals surface area contributed by atoms with Crippen molar-refractivity contribution in [1.29, 1.82) is 0 Å². The van der Waals surface area contributed by atoms with Crippen LogP contribution in [0.15, 0.2) is 59.1 Å². The van der Waals surface area contributed by atoms with Crippen LogP contribution in [0.5, 0.6) is 5.75 Å². The number of rotatable bonds is 9. The molecule has 2 bridgehead atoms. The molecule has 2 aromatic heterocycles. The number of aromatic amines is 1. The molecule has 0 radical (unpaired) electrons. The molecule has 8 nitrogen and oxygen atoms in total. The molecule has 0 aliphatic heterocycles. The van der Waals surface area contributed by atoms with Crippen molar-refractivity contribution in [2.45, 2.75) is 75.9 Å². The Hall–Kier alpha value is -3.99. The van der Waals surface area contributed by atoms with Crippen LogP contribution >= 0.6 is 0 Å². The number of halogens is 3. The summed E-state index contributed by atoms with van der Waals surface area (Å²) in [5.74, 6) is 1.29. The van der Waals surface area contributed by atoms with Crippen molar-refractivity contribution in [2.24, 2.45) is 5.41 Å². The molecule has 4 aliphatic rings. The van der Waals surface area contributed by atoms with E-state index in [-0.39, 0.29) is 34.9 Å². The monoisotopic (exact) mass is 577 g/mol. The van der Waals surface area contributed by atoms with Gasteiger partial charge in [0.25, 0.3) is 0 Å². The summed E-state index contributed by atoms with van der Waals surface area (Å²) in [5.41, 5.74) is 3.25. The lowest BCUT2D eigenvalue weighted by atomic mass is 9.58. The minimum Gasteiger partial charge on any atom is -0.405 e. The first kappa shape index (κ1) is 26.9. The summed E-state index contributed by atoms with van der Waals surface area (Å²) in [7, 11) is 0. The molecule has 4 aliphatic carbocycles. The molecule has 218 valence electrons. The lowest BCUT2D eigenvalue weighted by molar-refractivity contribution is -0.274. The second-order valence-electron chi connectivity index (χ2n) is 11.7. The van der Waals surface area contributed by atoms with Crippen LogP contribution in [-0.2, 0) is 11.3 Å². The molecule has 2 heterocycles. The number of hydrogen-bond donors (Lipinski definition) is 1. The fourth-order valence-electron chi connectivity index (χ4n) is 6.43. The van der Waals surface area contributed by atoms with Crippen molar-refractivity contribution in [3.8, 4) is 28.4 Å². The van der Waals surface area contributed by atoms with Crippen molar-refractivity contribution in [1.82, 2.24) is 25.8 Å². The Balaban J connectivity index is 1.06. The Morgan fingerprint density at radius 3 is 2.50 bits per heavy atom. The Morgan fingerprint density at radius 1 is 1.00 bits per heavy atom. The Labute approximate surface area is 240 Å². The third-order valence-corrected chi connectivity index (χ3v) is 9.03. The average molecular weight is 578 g/mol. The number of hydrogen-bond acceptors (Lipinski definition) is 7. The van der Waals surface area contributed by atoms with Gasteiger partial charge in [-0.05, 0) is 91.0 Å². The standard InChI is InChI=1S/C31H30F3N5O3/c32-31(33,34)41-25-7-2-1-6-23(25)26-24(27(42-37-26)21-8-9-21)19-40-30-15-12-29(13-16-30,14-17-30)11-10-20-4-3-5-22(18-20)28-35-38-39-36-28/h1-7,10-11,18,21H,8-9,12-17,19H2,(H,35,36,38,39). The van der Waals surface area contributed by atoms with E-state index in [0.29, 0.717) is 11.5 Å². The zero-order chi connectivity index (χ0) is 28.8. The number of H-pyrrole nitrogens is 1. The van der Waals surface area contributed by atoms with Gasteiger partial charge in [0.1, 0.15) is 17.2 Å². The molecule has 8 rings (SSSR count). The number of alkyl halides is 3. The molecule has 11 heteroatoms. The van der Waals surface area contributed by atoms with Crippen LogP contribution in [0.3, 0.4) is 0 Å². The van der Waals surface area contributed by atoms with Crippen molar-refractivity contribution in [3.63, 3.8) is 0 Å². The van der Waals surface area contributed by atoms with Gasteiger partial charge in [0, 0.05) is 22.6 Å². The summed E-state index contributed by atoms with van der Waals surface area (Å²) in [4.78, 5) is 0. The fourth-order valence-corrected chi connectivity index (χ4v) is 6.43. The van der Waals surface area contributed by atoms with Crippen LogP contribution in [0.25, 0.3) is 28.7 Å². The van der Waals surface area contributed by atoms with Crippen molar-refractivity contribution in [3.05, 3.63) is 71.5 Å². The Morgan fingerprint density at radius 2 is 1.79 bits per heavy atom. The highest BCUT2D eigenvalue weighted by molar-refractivity contribution is 5.70. The van der Waals surface area contributed by atoms with E-state index in [1.54, 1.807) is 12.1 Å².